The van der Waals surface area contributed by atoms with Crippen LogP contribution in [0.15, 0.2) is 30.3 Å². The number of aromatic nitrogens is 2. The first-order chi connectivity index (χ1) is 12.4. The molecule has 1 aromatic heterocycles. The summed E-state index contributed by atoms with van der Waals surface area (Å²) in [7, 11) is 3.84. The van der Waals surface area contributed by atoms with Crippen LogP contribution in [0.5, 0.6) is 0 Å². The van der Waals surface area contributed by atoms with E-state index in [0.717, 1.165) is 22.5 Å². The molecule has 0 aliphatic heterocycles. The van der Waals surface area contributed by atoms with Crippen LogP contribution in [-0.2, 0) is 9.59 Å². The lowest BCUT2D eigenvalue weighted by Gasteiger charge is -2.18. The van der Waals surface area contributed by atoms with Gasteiger partial charge in [0.05, 0.1) is 11.4 Å². The average Bonchev–Trinajstić information content (AvgIpc) is 2.65. The Labute approximate surface area is 154 Å². The van der Waals surface area contributed by atoms with Crippen LogP contribution in [0.3, 0.4) is 0 Å². The first-order valence-corrected chi connectivity index (χ1v) is 7.99. The van der Waals surface area contributed by atoms with Crippen molar-refractivity contribution in [3.63, 3.8) is 0 Å². The van der Waals surface area contributed by atoms with E-state index in [1.807, 2.05) is 51.6 Å². The predicted molar refractivity (Wildman–Crippen MR) is 105 cm³/mol. The Morgan fingerprint density at radius 1 is 1.04 bits per heavy atom. The van der Waals surface area contributed by atoms with Crippen LogP contribution in [0, 0.1) is 5.82 Å². The summed E-state index contributed by atoms with van der Waals surface area (Å²) in [6.45, 7) is 10.2. The van der Waals surface area contributed by atoms with E-state index < -0.39 is 0 Å². The third kappa shape index (κ3) is 5.88. The number of nitrogens with zero attached hydrogens (tertiary/aromatic N) is 3. The summed E-state index contributed by atoms with van der Waals surface area (Å²) in [5, 5.41) is 0. The molecular weight excluding hydrogens is 333 g/mol. The zero-order valence-corrected chi connectivity index (χ0v) is 16.0. The van der Waals surface area contributed by atoms with Crippen molar-refractivity contribution in [3.05, 3.63) is 47.4 Å². The van der Waals surface area contributed by atoms with Gasteiger partial charge in [-0.05, 0) is 37.1 Å². The summed E-state index contributed by atoms with van der Waals surface area (Å²) in [5.74, 6) is 0.686. The summed E-state index contributed by atoms with van der Waals surface area (Å²) >= 11 is 0. The second-order valence-corrected chi connectivity index (χ2v) is 5.73. The van der Waals surface area contributed by atoms with E-state index in [-0.39, 0.29) is 11.7 Å². The van der Waals surface area contributed by atoms with E-state index in [9.17, 15) is 4.39 Å². The van der Waals surface area contributed by atoms with Crippen molar-refractivity contribution in [2.45, 2.75) is 26.7 Å². The molecule has 0 spiro atoms. The third-order valence-electron chi connectivity index (χ3n) is 3.36. The Kier molecular flexibility index (Phi) is 10.3. The van der Waals surface area contributed by atoms with E-state index in [4.69, 9.17) is 9.59 Å². The number of anilines is 1. The molecular formula is C20H26FN3O2. The van der Waals surface area contributed by atoms with Crippen molar-refractivity contribution in [1.29, 1.82) is 0 Å². The summed E-state index contributed by atoms with van der Waals surface area (Å²) < 4.78 is 13.2. The van der Waals surface area contributed by atoms with Gasteiger partial charge in [0, 0.05) is 25.2 Å². The minimum atomic E-state index is -0.248. The molecule has 26 heavy (non-hydrogen) atoms. The lowest BCUT2D eigenvalue weighted by atomic mass is 9.98. The molecule has 0 saturated carbocycles. The van der Waals surface area contributed by atoms with Crippen LogP contribution in [0.25, 0.3) is 17.3 Å². The van der Waals surface area contributed by atoms with E-state index in [0.29, 0.717) is 5.95 Å². The largest absolute Gasteiger partial charge is 0.347 e. The molecule has 0 atom stereocenters. The summed E-state index contributed by atoms with van der Waals surface area (Å²) in [4.78, 5) is 27.2. The molecule has 0 fully saturated rings. The smallest absolute Gasteiger partial charge is 0.225 e. The van der Waals surface area contributed by atoms with Crippen LogP contribution in [0.1, 0.15) is 37.9 Å². The van der Waals surface area contributed by atoms with Crippen molar-refractivity contribution in [2.75, 3.05) is 19.0 Å². The van der Waals surface area contributed by atoms with E-state index in [1.165, 1.54) is 12.1 Å². The highest BCUT2D eigenvalue weighted by atomic mass is 19.1. The van der Waals surface area contributed by atoms with E-state index >= 15 is 0 Å². The quantitative estimate of drug-likeness (QED) is 0.821. The van der Waals surface area contributed by atoms with Crippen LogP contribution < -0.4 is 4.90 Å². The molecule has 0 N–H and O–H groups in total. The molecule has 2 rings (SSSR count). The van der Waals surface area contributed by atoms with Crippen molar-refractivity contribution in [3.8, 4) is 11.3 Å². The van der Waals surface area contributed by atoms with Crippen LogP contribution in [-0.4, -0.2) is 37.6 Å². The van der Waals surface area contributed by atoms with Crippen LogP contribution in [0.4, 0.5) is 10.3 Å². The van der Waals surface area contributed by atoms with Gasteiger partial charge in [-0.1, -0.05) is 26.0 Å². The van der Waals surface area contributed by atoms with Crippen LogP contribution in [0.2, 0.25) is 0 Å². The second-order valence-electron chi connectivity index (χ2n) is 5.73. The van der Waals surface area contributed by atoms with Gasteiger partial charge in [-0.25, -0.2) is 14.4 Å². The number of hydrogen-bond acceptors (Lipinski definition) is 5. The average molecular weight is 359 g/mol. The summed E-state index contributed by atoms with van der Waals surface area (Å²) in [6, 6.07) is 6.44. The first kappa shape index (κ1) is 23.1. The number of hydrogen-bond donors (Lipinski definition) is 0. The van der Waals surface area contributed by atoms with Crippen molar-refractivity contribution in [2.24, 2.45) is 0 Å². The highest BCUT2D eigenvalue weighted by Crippen LogP contribution is 2.30. The molecule has 0 aliphatic carbocycles. The Bertz CT molecular complexity index is 712. The first-order valence-electron chi connectivity index (χ1n) is 7.99. The number of allylic oxidation sites excluding steroid dienone is 1. The molecule has 0 aliphatic rings. The van der Waals surface area contributed by atoms with E-state index in [1.54, 1.807) is 12.1 Å². The van der Waals surface area contributed by atoms with Gasteiger partial charge in [0.2, 0.25) is 5.95 Å². The molecule has 0 amide bonds. The lowest BCUT2D eigenvalue weighted by Crippen LogP contribution is -2.16. The topological polar surface area (TPSA) is 63.2 Å². The Morgan fingerprint density at radius 2 is 1.58 bits per heavy atom. The van der Waals surface area contributed by atoms with Gasteiger partial charge < -0.3 is 14.5 Å². The SMILES string of the molecule is C/C=C/c1c(-c2ccc(F)cc2)nc(N(C)C)nc1C(C)C.C=O.C=O. The molecule has 0 saturated heterocycles. The highest BCUT2D eigenvalue weighted by Gasteiger charge is 2.17. The summed E-state index contributed by atoms with van der Waals surface area (Å²) in [5.41, 5.74) is 3.72. The molecule has 1 aromatic carbocycles. The Hall–Kier alpha value is -2.89. The molecule has 0 bridgehead atoms. The van der Waals surface area contributed by atoms with E-state index in [2.05, 4.69) is 23.8 Å². The maximum Gasteiger partial charge on any atom is 0.225 e. The zero-order valence-electron chi connectivity index (χ0n) is 16.0. The minimum Gasteiger partial charge on any atom is -0.347 e. The lowest BCUT2D eigenvalue weighted by molar-refractivity contribution is -0.0987. The fourth-order valence-corrected chi connectivity index (χ4v) is 2.27. The van der Waals surface area contributed by atoms with Crippen molar-refractivity contribution < 1.29 is 14.0 Å². The molecule has 0 unspecified atom stereocenters. The molecule has 5 nitrogen and oxygen atoms in total. The number of carbonyl (C=O) groups is 2. The van der Waals surface area contributed by atoms with Gasteiger partial charge >= 0.3 is 0 Å². The third-order valence-corrected chi connectivity index (χ3v) is 3.36. The molecule has 1 heterocycles. The minimum absolute atomic E-state index is 0.248. The number of carbonyl (C=O) groups excluding carboxylic acids is 2. The van der Waals surface area contributed by atoms with Gasteiger partial charge in [0.1, 0.15) is 19.4 Å². The zero-order chi connectivity index (χ0) is 20.3. The maximum atomic E-state index is 13.2. The predicted octanol–water partition coefficient (Wildman–Crippen LogP) is 4.14. The van der Waals surface area contributed by atoms with Gasteiger partial charge in [0.25, 0.3) is 0 Å². The van der Waals surface area contributed by atoms with Crippen molar-refractivity contribution in [1.82, 2.24) is 9.97 Å². The Morgan fingerprint density at radius 3 is 2.00 bits per heavy atom. The van der Waals surface area contributed by atoms with Gasteiger partial charge in [-0.2, -0.15) is 0 Å². The summed E-state index contributed by atoms with van der Waals surface area (Å²) in [6.07, 6.45) is 4.00. The van der Waals surface area contributed by atoms with Crippen molar-refractivity contribution >= 4 is 25.6 Å². The van der Waals surface area contributed by atoms with Gasteiger partial charge in [0.15, 0.2) is 0 Å². The molecule has 2 aromatic rings. The number of benzene rings is 1. The normalized spacial score (nSPS) is 9.96. The second kappa shape index (κ2) is 11.6. The maximum absolute atomic E-state index is 13.2. The fourth-order valence-electron chi connectivity index (χ4n) is 2.27. The highest BCUT2D eigenvalue weighted by molar-refractivity contribution is 5.74. The molecule has 0 radical (unpaired) electrons. The standard InChI is InChI=1S/C18H22FN3.2CH2O/c1-6-7-15-16(12(2)3)20-18(22(4)5)21-17(15)13-8-10-14(19)11-9-13;2*1-2/h6-12H,1-5H3;2*1H2/b7-6+;;. The number of rotatable bonds is 4. The molecule has 140 valence electrons. The Balaban J connectivity index is 0.00000146. The van der Waals surface area contributed by atoms with Crippen LogP contribution >= 0.6 is 0 Å². The van der Waals surface area contributed by atoms with Gasteiger partial charge in [-0.3, -0.25) is 0 Å². The van der Waals surface area contributed by atoms with Gasteiger partial charge in [-0.15, -0.1) is 0 Å². The molecule has 6 heteroatoms. The fraction of sp³-hybridized carbons (Fsp3) is 0.300. The monoisotopic (exact) mass is 359 g/mol. The number of halogens is 1.